The van der Waals surface area contributed by atoms with Crippen molar-refractivity contribution < 1.29 is 9.47 Å². The number of hydrogen-bond acceptors (Lipinski definition) is 5. The third-order valence-corrected chi connectivity index (χ3v) is 6.36. The van der Waals surface area contributed by atoms with Crippen molar-refractivity contribution in [1.82, 2.24) is 9.97 Å². The Morgan fingerprint density at radius 2 is 1.70 bits per heavy atom. The van der Waals surface area contributed by atoms with Crippen molar-refractivity contribution in [2.24, 2.45) is 0 Å². The molecule has 3 aromatic rings. The maximum atomic E-state index is 6.40. The molecule has 0 radical (unpaired) electrons. The number of ether oxygens (including phenoxy) is 2. The number of hydrogen-bond donors (Lipinski definition) is 1. The van der Waals surface area contributed by atoms with Crippen LogP contribution in [0.15, 0.2) is 54.7 Å². The topological polar surface area (TPSA) is 56.3 Å². The fraction of sp³-hybridized carbons (Fsp3) is 0.440. The Hall–Kier alpha value is -2.66. The van der Waals surface area contributed by atoms with Crippen molar-refractivity contribution >= 4 is 16.7 Å². The molecule has 2 aromatic heterocycles. The summed E-state index contributed by atoms with van der Waals surface area (Å²) in [6.45, 7) is 1.66. The van der Waals surface area contributed by atoms with Crippen molar-refractivity contribution in [1.29, 1.82) is 0 Å². The zero-order valence-corrected chi connectivity index (χ0v) is 17.3. The van der Waals surface area contributed by atoms with E-state index in [9.17, 15) is 0 Å². The van der Waals surface area contributed by atoms with E-state index < -0.39 is 0 Å². The maximum absolute atomic E-state index is 6.40. The van der Waals surface area contributed by atoms with Crippen LogP contribution < -0.4 is 10.1 Å². The highest BCUT2D eigenvalue weighted by molar-refractivity contribution is 5.80. The number of para-hydroxylation sites is 1. The Balaban J connectivity index is 1.18. The molecule has 1 saturated heterocycles. The van der Waals surface area contributed by atoms with Crippen LogP contribution in [0.5, 0.6) is 5.88 Å². The second kappa shape index (κ2) is 9.00. The van der Waals surface area contributed by atoms with Gasteiger partial charge in [0.25, 0.3) is 0 Å². The van der Waals surface area contributed by atoms with Gasteiger partial charge in [-0.2, -0.15) is 0 Å². The van der Waals surface area contributed by atoms with Gasteiger partial charge in [-0.15, -0.1) is 0 Å². The largest absolute Gasteiger partial charge is 0.474 e. The van der Waals surface area contributed by atoms with Crippen LogP contribution in [0.2, 0.25) is 0 Å². The molecule has 1 aliphatic heterocycles. The molecule has 1 saturated carbocycles. The van der Waals surface area contributed by atoms with E-state index in [2.05, 4.69) is 40.6 Å². The van der Waals surface area contributed by atoms with Crippen LogP contribution in [0.25, 0.3) is 10.9 Å². The molecule has 30 heavy (non-hydrogen) atoms. The highest BCUT2D eigenvalue weighted by Gasteiger charge is 2.26. The summed E-state index contributed by atoms with van der Waals surface area (Å²) in [5.41, 5.74) is 2.29. The Bertz CT molecular complexity index is 979. The predicted molar refractivity (Wildman–Crippen MR) is 119 cm³/mol. The van der Waals surface area contributed by atoms with Crippen molar-refractivity contribution in [3.8, 4) is 5.88 Å². The minimum absolute atomic E-state index is 0.237. The summed E-state index contributed by atoms with van der Waals surface area (Å²) in [4.78, 5) is 9.33. The second-order valence-electron chi connectivity index (χ2n) is 8.41. The molecule has 1 aliphatic carbocycles. The Morgan fingerprint density at radius 1 is 0.867 bits per heavy atom. The third-order valence-electron chi connectivity index (χ3n) is 6.36. The molecule has 5 heteroatoms. The minimum atomic E-state index is 0.237. The van der Waals surface area contributed by atoms with E-state index in [0.29, 0.717) is 12.0 Å². The zero-order chi connectivity index (χ0) is 20.2. The fourth-order valence-electron chi connectivity index (χ4n) is 4.66. The molecular formula is C25H29N3O2. The first kappa shape index (κ1) is 19.3. The lowest BCUT2D eigenvalue weighted by Gasteiger charge is -2.31. The van der Waals surface area contributed by atoms with Crippen LogP contribution >= 0.6 is 0 Å². The van der Waals surface area contributed by atoms with Gasteiger partial charge in [0.15, 0.2) is 0 Å². The average Bonchev–Trinajstić information content (AvgIpc) is 2.81. The van der Waals surface area contributed by atoms with Crippen molar-refractivity contribution in [3.05, 3.63) is 60.3 Å². The lowest BCUT2D eigenvalue weighted by Crippen LogP contribution is -2.32. The number of anilines is 1. The van der Waals surface area contributed by atoms with Crippen LogP contribution in [-0.4, -0.2) is 35.3 Å². The van der Waals surface area contributed by atoms with E-state index in [1.807, 2.05) is 24.4 Å². The molecule has 0 amide bonds. The molecule has 0 spiro atoms. The predicted octanol–water partition coefficient (Wildman–Crippen LogP) is 5.33. The summed E-state index contributed by atoms with van der Waals surface area (Å²) in [5, 5.41) is 4.80. The van der Waals surface area contributed by atoms with Gasteiger partial charge in [0.2, 0.25) is 5.88 Å². The Labute approximate surface area is 177 Å². The summed E-state index contributed by atoms with van der Waals surface area (Å²) < 4.78 is 11.9. The number of pyridine rings is 2. The molecule has 2 aliphatic rings. The molecule has 5 nitrogen and oxygen atoms in total. The van der Waals surface area contributed by atoms with Gasteiger partial charge in [-0.3, -0.25) is 0 Å². The SMILES string of the molecule is c1cnc(OC2CCC(Nc3ccc4ccccc4n3)CC2)c(C2CCOCC2)c1. The number of benzene rings is 1. The van der Waals surface area contributed by atoms with E-state index in [0.717, 1.165) is 69.0 Å². The number of fused-ring (bicyclic) bond motifs is 1. The molecule has 3 heterocycles. The summed E-state index contributed by atoms with van der Waals surface area (Å²) in [5.74, 6) is 2.29. The van der Waals surface area contributed by atoms with Crippen molar-refractivity contribution in [2.45, 2.75) is 56.6 Å². The van der Waals surface area contributed by atoms with Crippen LogP contribution in [0, 0.1) is 0 Å². The van der Waals surface area contributed by atoms with E-state index in [1.54, 1.807) is 0 Å². The lowest BCUT2D eigenvalue weighted by atomic mass is 9.91. The molecule has 1 N–H and O–H groups in total. The third kappa shape index (κ3) is 4.41. The standard InChI is InChI=1S/C25H29N3O2/c1-2-6-23-19(4-1)7-12-24(28-23)27-20-8-10-21(11-9-20)30-25-22(5-3-15-26-25)18-13-16-29-17-14-18/h1-7,12,15,18,20-21H,8-11,13-14,16-17H2,(H,27,28). The van der Waals surface area contributed by atoms with Crippen molar-refractivity contribution in [3.63, 3.8) is 0 Å². The van der Waals surface area contributed by atoms with E-state index in [-0.39, 0.29) is 6.10 Å². The van der Waals surface area contributed by atoms with Gasteiger partial charge in [-0.1, -0.05) is 24.3 Å². The highest BCUT2D eigenvalue weighted by Crippen LogP contribution is 2.34. The summed E-state index contributed by atoms with van der Waals surface area (Å²) in [6.07, 6.45) is 8.42. The molecule has 2 fully saturated rings. The molecule has 0 unspecified atom stereocenters. The van der Waals surface area contributed by atoms with E-state index in [1.165, 1.54) is 10.9 Å². The first-order valence-corrected chi connectivity index (χ1v) is 11.2. The number of nitrogens with zero attached hydrogens (tertiary/aromatic N) is 2. The number of nitrogens with one attached hydrogen (secondary N) is 1. The fourth-order valence-corrected chi connectivity index (χ4v) is 4.66. The molecule has 1 aromatic carbocycles. The van der Waals surface area contributed by atoms with Gasteiger partial charge in [-0.05, 0) is 68.7 Å². The summed E-state index contributed by atoms with van der Waals surface area (Å²) in [7, 11) is 0. The lowest BCUT2D eigenvalue weighted by molar-refractivity contribution is 0.0829. The van der Waals surface area contributed by atoms with Gasteiger partial charge in [-0.25, -0.2) is 9.97 Å². The smallest absolute Gasteiger partial charge is 0.217 e. The molecule has 156 valence electrons. The number of rotatable bonds is 5. The van der Waals surface area contributed by atoms with Gasteiger partial charge < -0.3 is 14.8 Å². The van der Waals surface area contributed by atoms with E-state index in [4.69, 9.17) is 14.5 Å². The second-order valence-corrected chi connectivity index (χ2v) is 8.41. The highest BCUT2D eigenvalue weighted by atomic mass is 16.5. The molecular weight excluding hydrogens is 374 g/mol. The quantitative estimate of drug-likeness (QED) is 0.624. The normalized spacial score (nSPS) is 22.7. The monoisotopic (exact) mass is 403 g/mol. The summed E-state index contributed by atoms with van der Waals surface area (Å²) >= 11 is 0. The Morgan fingerprint density at radius 3 is 2.57 bits per heavy atom. The Kier molecular flexibility index (Phi) is 5.80. The maximum Gasteiger partial charge on any atom is 0.217 e. The number of aromatic nitrogens is 2. The van der Waals surface area contributed by atoms with Crippen LogP contribution in [-0.2, 0) is 4.74 Å². The van der Waals surface area contributed by atoms with Gasteiger partial charge in [0.1, 0.15) is 11.9 Å². The summed E-state index contributed by atoms with van der Waals surface area (Å²) in [6, 6.07) is 17.1. The molecule has 0 bridgehead atoms. The zero-order valence-electron chi connectivity index (χ0n) is 17.3. The van der Waals surface area contributed by atoms with E-state index >= 15 is 0 Å². The molecule has 5 rings (SSSR count). The van der Waals surface area contributed by atoms with Gasteiger partial charge in [0, 0.05) is 36.4 Å². The van der Waals surface area contributed by atoms with Gasteiger partial charge >= 0.3 is 0 Å². The first-order valence-electron chi connectivity index (χ1n) is 11.2. The van der Waals surface area contributed by atoms with Crippen LogP contribution in [0.3, 0.4) is 0 Å². The van der Waals surface area contributed by atoms with Crippen LogP contribution in [0.4, 0.5) is 5.82 Å². The molecule has 0 atom stereocenters. The first-order chi connectivity index (χ1) is 14.8. The minimum Gasteiger partial charge on any atom is -0.474 e. The van der Waals surface area contributed by atoms with Gasteiger partial charge in [0.05, 0.1) is 5.52 Å². The van der Waals surface area contributed by atoms with Crippen LogP contribution in [0.1, 0.15) is 50.0 Å². The average molecular weight is 404 g/mol. The van der Waals surface area contributed by atoms with Crippen molar-refractivity contribution in [2.75, 3.05) is 18.5 Å².